The van der Waals surface area contributed by atoms with Gasteiger partial charge in [0.25, 0.3) is 5.91 Å². The third-order valence-electron chi connectivity index (χ3n) is 1.78. The highest BCUT2D eigenvalue weighted by atomic mass is 16.3. The molecular formula is C8H17NO3. The molecule has 1 unspecified atom stereocenters. The molecule has 0 aromatic heterocycles. The minimum atomic E-state index is -0.821. The van der Waals surface area contributed by atoms with E-state index in [2.05, 4.69) is 0 Å². The summed E-state index contributed by atoms with van der Waals surface area (Å²) in [6, 6.07) is 0. The highest BCUT2D eigenvalue weighted by Crippen LogP contribution is 2.08. The van der Waals surface area contributed by atoms with Crippen LogP contribution in [0.3, 0.4) is 0 Å². The number of carbonyl (C=O) groups is 1. The Hall–Kier alpha value is -0.610. The second-order valence-corrected chi connectivity index (χ2v) is 2.71. The molecule has 0 saturated carbocycles. The monoisotopic (exact) mass is 175 g/mol. The van der Waals surface area contributed by atoms with Gasteiger partial charge >= 0.3 is 0 Å². The molecule has 1 atom stereocenters. The maximum absolute atomic E-state index is 11.0. The molecule has 1 aliphatic rings. The molecule has 4 nitrogen and oxygen atoms in total. The van der Waals surface area contributed by atoms with Crippen LogP contribution in [0.25, 0.3) is 0 Å². The molecule has 1 aliphatic heterocycles. The Balaban J connectivity index is 0.000000561. The second kappa shape index (κ2) is 5.97. The van der Waals surface area contributed by atoms with Gasteiger partial charge in [0, 0.05) is 20.2 Å². The van der Waals surface area contributed by atoms with Gasteiger partial charge < -0.3 is 15.1 Å². The van der Waals surface area contributed by atoms with E-state index in [1.165, 1.54) is 6.92 Å². The molecule has 72 valence electrons. The number of rotatable bonds is 1. The van der Waals surface area contributed by atoms with E-state index in [4.69, 9.17) is 10.2 Å². The molecule has 0 spiro atoms. The van der Waals surface area contributed by atoms with Crippen molar-refractivity contribution < 1.29 is 15.0 Å². The second-order valence-electron chi connectivity index (χ2n) is 2.71. The van der Waals surface area contributed by atoms with Crippen LogP contribution in [0.2, 0.25) is 0 Å². The molecule has 1 rings (SSSR count). The van der Waals surface area contributed by atoms with Crippen molar-refractivity contribution in [1.82, 2.24) is 4.90 Å². The van der Waals surface area contributed by atoms with Crippen molar-refractivity contribution in [1.29, 1.82) is 0 Å². The maximum Gasteiger partial charge on any atom is 0.251 e. The third-order valence-corrected chi connectivity index (χ3v) is 1.78. The van der Waals surface area contributed by atoms with Gasteiger partial charge in [-0.1, -0.05) is 0 Å². The highest BCUT2D eigenvalue weighted by molar-refractivity contribution is 5.80. The lowest BCUT2D eigenvalue weighted by atomic mass is 10.3. The van der Waals surface area contributed by atoms with Gasteiger partial charge in [0.15, 0.2) is 0 Å². The predicted molar refractivity (Wildman–Crippen MR) is 45.6 cm³/mol. The minimum Gasteiger partial charge on any atom is -0.400 e. The largest absolute Gasteiger partial charge is 0.400 e. The average molecular weight is 175 g/mol. The fraction of sp³-hybridized carbons (Fsp3) is 0.875. The van der Waals surface area contributed by atoms with E-state index >= 15 is 0 Å². The number of carbonyl (C=O) groups excluding carboxylic acids is 1. The van der Waals surface area contributed by atoms with Gasteiger partial charge in [-0.05, 0) is 19.8 Å². The van der Waals surface area contributed by atoms with Gasteiger partial charge in [-0.3, -0.25) is 4.79 Å². The summed E-state index contributed by atoms with van der Waals surface area (Å²) >= 11 is 0. The number of amides is 1. The van der Waals surface area contributed by atoms with E-state index in [9.17, 15) is 4.79 Å². The van der Waals surface area contributed by atoms with Crippen molar-refractivity contribution in [3.63, 3.8) is 0 Å². The first-order valence-corrected chi connectivity index (χ1v) is 4.13. The maximum atomic E-state index is 11.0. The lowest BCUT2D eigenvalue weighted by Crippen LogP contribution is -2.35. The Morgan fingerprint density at radius 1 is 1.33 bits per heavy atom. The van der Waals surface area contributed by atoms with Crippen molar-refractivity contribution in [2.45, 2.75) is 25.9 Å². The summed E-state index contributed by atoms with van der Waals surface area (Å²) in [6.07, 6.45) is 1.34. The van der Waals surface area contributed by atoms with Crippen LogP contribution < -0.4 is 0 Å². The van der Waals surface area contributed by atoms with Crippen LogP contribution in [0.5, 0.6) is 0 Å². The first-order valence-electron chi connectivity index (χ1n) is 4.13. The van der Waals surface area contributed by atoms with Gasteiger partial charge in [-0.2, -0.15) is 0 Å². The number of likely N-dealkylation sites (tertiary alicyclic amines) is 1. The molecule has 4 heteroatoms. The summed E-state index contributed by atoms with van der Waals surface area (Å²) in [4.78, 5) is 12.7. The van der Waals surface area contributed by atoms with Gasteiger partial charge in [0.1, 0.15) is 6.10 Å². The number of hydrogen-bond acceptors (Lipinski definition) is 3. The van der Waals surface area contributed by atoms with Crippen LogP contribution in [0.15, 0.2) is 0 Å². The van der Waals surface area contributed by atoms with Crippen molar-refractivity contribution >= 4 is 5.91 Å². The summed E-state index contributed by atoms with van der Waals surface area (Å²) in [5, 5.41) is 15.9. The Kier molecular flexibility index (Phi) is 5.66. The summed E-state index contributed by atoms with van der Waals surface area (Å²) in [7, 11) is 1.00. The fourth-order valence-corrected chi connectivity index (χ4v) is 1.20. The topological polar surface area (TPSA) is 60.8 Å². The molecule has 0 bridgehead atoms. The lowest BCUT2D eigenvalue weighted by Gasteiger charge is -2.16. The standard InChI is InChI=1S/C7H13NO2.CH4O/c1-6(9)7(10)8-4-2-3-5-8;1-2/h6,9H,2-5H2,1H3;2H,1H3. The van der Waals surface area contributed by atoms with Crippen molar-refractivity contribution in [2.24, 2.45) is 0 Å². The Bertz CT molecular complexity index is 130. The molecule has 0 radical (unpaired) electrons. The van der Waals surface area contributed by atoms with Crippen LogP contribution in [0.1, 0.15) is 19.8 Å². The lowest BCUT2D eigenvalue weighted by molar-refractivity contribution is -0.138. The first kappa shape index (κ1) is 11.4. The molecule has 0 aliphatic carbocycles. The van der Waals surface area contributed by atoms with E-state index < -0.39 is 6.10 Å². The normalized spacial score (nSPS) is 18.2. The first-order chi connectivity index (χ1) is 5.72. The Labute approximate surface area is 72.8 Å². The van der Waals surface area contributed by atoms with Gasteiger partial charge in [-0.25, -0.2) is 0 Å². The quantitative estimate of drug-likeness (QED) is 0.570. The van der Waals surface area contributed by atoms with Crippen LogP contribution in [-0.2, 0) is 4.79 Å². The molecule has 2 N–H and O–H groups in total. The Morgan fingerprint density at radius 3 is 2.08 bits per heavy atom. The Morgan fingerprint density at radius 2 is 1.75 bits per heavy atom. The third kappa shape index (κ3) is 3.19. The average Bonchev–Trinajstić information content (AvgIpc) is 2.58. The molecule has 0 aromatic rings. The van der Waals surface area contributed by atoms with Crippen molar-refractivity contribution in [3.05, 3.63) is 0 Å². The number of aliphatic hydroxyl groups is 2. The number of hydrogen-bond donors (Lipinski definition) is 2. The van der Waals surface area contributed by atoms with Crippen LogP contribution in [0.4, 0.5) is 0 Å². The van der Waals surface area contributed by atoms with E-state index in [0.29, 0.717) is 0 Å². The zero-order chi connectivity index (χ0) is 9.56. The zero-order valence-corrected chi connectivity index (χ0v) is 7.66. The molecule has 0 aromatic carbocycles. The summed E-state index contributed by atoms with van der Waals surface area (Å²) in [6.45, 7) is 3.16. The number of aliphatic hydroxyl groups excluding tert-OH is 2. The van der Waals surface area contributed by atoms with E-state index in [1.807, 2.05) is 0 Å². The molecular weight excluding hydrogens is 158 g/mol. The molecule has 1 fully saturated rings. The highest BCUT2D eigenvalue weighted by Gasteiger charge is 2.20. The minimum absolute atomic E-state index is 0.127. The smallest absolute Gasteiger partial charge is 0.251 e. The summed E-state index contributed by atoms with van der Waals surface area (Å²) in [5.74, 6) is -0.127. The van der Waals surface area contributed by atoms with Gasteiger partial charge in [-0.15, -0.1) is 0 Å². The summed E-state index contributed by atoms with van der Waals surface area (Å²) < 4.78 is 0. The SMILES string of the molecule is CC(O)C(=O)N1CCCC1.CO. The molecule has 1 saturated heterocycles. The summed E-state index contributed by atoms with van der Waals surface area (Å²) in [5.41, 5.74) is 0. The fourth-order valence-electron chi connectivity index (χ4n) is 1.20. The number of nitrogens with zero attached hydrogens (tertiary/aromatic N) is 1. The van der Waals surface area contributed by atoms with E-state index in [0.717, 1.165) is 33.0 Å². The van der Waals surface area contributed by atoms with E-state index in [-0.39, 0.29) is 5.91 Å². The van der Waals surface area contributed by atoms with Gasteiger partial charge in [0.2, 0.25) is 0 Å². The van der Waals surface area contributed by atoms with Crippen LogP contribution in [-0.4, -0.2) is 47.3 Å². The van der Waals surface area contributed by atoms with Crippen LogP contribution >= 0.6 is 0 Å². The van der Waals surface area contributed by atoms with Gasteiger partial charge in [0.05, 0.1) is 0 Å². The molecule has 1 heterocycles. The zero-order valence-electron chi connectivity index (χ0n) is 7.66. The molecule has 1 amide bonds. The van der Waals surface area contributed by atoms with Crippen molar-refractivity contribution in [3.8, 4) is 0 Å². The molecule has 12 heavy (non-hydrogen) atoms. The van der Waals surface area contributed by atoms with E-state index in [1.54, 1.807) is 4.90 Å². The van der Waals surface area contributed by atoms with Crippen molar-refractivity contribution in [2.75, 3.05) is 20.2 Å². The van der Waals surface area contributed by atoms with Crippen LogP contribution in [0, 0.1) is 0 Å². The predicted octanol–water partition coefficient (Wildman–Crippen LogP) is -0.402.